The fraction of sp³-hybridized carbons (Fsp3) is 0.150. The van der Waals surface area contributed by atoms with Crippen LogP contribution in [0.2, 0.25) is 0 Å². The maximum Gasteiger partial charge on any atom is 0.106 e. The molecule has 11 aromatic carbocycles. The number of rotatable bonds is 16. The van der Waals surface area contributed by atoms with Crippen molar-refractivity contribution < 1.29 is 0 Å². The van der Waals surface area contributed by atoms with E-state index in [1.807, 2.05) is 0 Å². The van der Waals surface area contributed by atoms with E-state index in [4.69, 9.17) is 0 Å². The van der Waals surface area contributed by atoms with E-state index in [-0.39, 0.29) is 12.2 Å². The molecule has 2 unspecified atom stereocenters. The van der Waals surface area contributed by atoms with Gasteiger partial charge >= 0.3 is 0 Å². The van der Waals surface area contributed by atoms with Gasteiger partial charge in [0.25, 0.3) is 0 Å². The molecular weight excluding hydrogens is 1030 g/mol. The second kappa shape index (κ2) is 25.4. The summed E-state index contributed by atoms with van der Waals surface area (Å²) >= 11 is 0. The Morgan fingerprint density at radius 1 is 0.376 bits per heavy atom. The Labute approximate surface area is 502 Å². The molecule has 12 aromatic rings. The number of nitrogens with zero attached hydrogens (tertiary/aromatic N) is 4. The van der Waals surface area contributed by atoms with Crippen molar-refractivity contribution in [2.75, 3.05) is 16.3 Å². The normalized spacial score (nSPS) is 14.7. The third-order valence-electron chi connectivity index (χ3n) is 17.2. The van der Waals surface area contributed by atoms with Crippen LogP contribution in [0, 0.1) is 0 Å². The van der Waals surface area contributed by atoms with Crippen LogP contribution in [0.1, 0.15) is 87.7 Å². The standard InChI is InChI=1S/C80H73N5/c1-3-60-27-13-5-4-6-26-56-82(80(65-30-16-8-17-31-65)81-59(2)61-28-14-7-15-29-61)79(60)64-44-52-74(53-45-64)85-77-54-46-66(62-40-48-72(49-41-62)83(68-32-18-9-19-33-68)69-34-20-10-21-35-69)57-75(77)76-58-67(47-55-78(76)85)63-42-50-73(51-43-63)84(70-36-22-11-23-37-70)71-38-24-12-25-39-71/h7-12,14-25,28-55,57-59,80-81H,3-6,13,26-27,56H2,1-2H3/b79-60+. The molecule has 0 saturated carbocycles. The number of allylic oxidation sites excluding steroid dienone is 1. The van der Waals surface area contributed by atoms with Crippen LogP contribution in [0.4, 0.5) is 34.1 Å². The van der Waals surface area contributed by atoms with Gasteiger partial charge in [-0.3, -0.25) is 5.32 Å². The van der Waals surface area contributed by atoms with Gasteiger partial charge in [0.2, 0.25) is 0 Å². The molecule has 13 rings (SSSR count). The predicted octanol–water partition coefficient (Wildman–Crippen LogP) is 21.9. The highest BCUT2D eigenvalue weighted by atomic mass is 15.3. The summed E-state index contributed by atoms with van der Waals surface area (Å²) in [7, 11) is 0. The van der Waals surface area contributed by atoms with Crippen molar-refractivity contribution in [2.24, 2.45) is 0 Å². The van der Waals surface area contributed by atoms with E-state index in [1.165, 1.54) is 97.7 Å². The van der Waals surface area contributed by atoms with Gasteiger partial charge in [0.1, 0.15) is 6.17 Å². The van der Waals surface area contributed by atoms with Crippen LogP contribution < -0.4 is 15.1 Å². The van der Waals surface area contributed by atoms with E-state index in [2.05, 4.69) is 330 Å². The zero-order chi connectivity index (χ0) is 57.3. The van der Waals surface area contributed by atoms with Gasteiger partial charge in [-0.2, -0.15) is 0 Å². The molecule has 1 aliphatic heterocycles. The molecule has 1 aliphatic rings. The first-order valence-electron chi connectivity index (χ1n) is 30.6. The maximum atomic E-state index is 4.18. The highest BCUT2D eigenvalue weighted by molar-refractivity contribution is 6.11. The second-order valence-corrected chi connectivity index (χ2v) is 22.6. The molecule has 0 aliphatic carbocycles. The van der Waals surface area contributed by atoms with E-state index < -0.39 is 0 Å². The van der Waals surface area contributed by atoms with Crippen molar-refractivity contribution >= 4 is 61.6 Å². The minimum absolute atomic E-state index is 0.0292. The minimum Gasteiger partial charge on any atom is -0.351 e. The lowest BCUT2D eigenvalue weighted by molar-refractivity contribution is 0.226. The predicted molar refractivity (Wildman–Crippen MR) is 360 cm³/mol. The molecule has 2 heterocycles. The summed E-state index contributed by atoms with van der Waals surface area (Å²) in [6, 6.07) is 107. The SMILES string of the molecule is CC/C1=C(/c2ccc(-n3c4ccc(-c5ccc(N(c6ccccc6)c6ccccc6)cc5)cc4c4cc(-c5ccc(N(c6ccccc6)c6ccccc6)cc5)ccc43)cc2)N(C(NC(C)c2ccccc2)c2ccccc2)CCCCCCC1. The van der Waals surface area contributed by atoms with Crippen LogP contribution in [0.25, 0.3) is 55.4 Å². The number of anilines is 6. The Balaban J connectivity index is 0.915. The molecule has 418 valence electrons. The third-order valence-corrected chi connectivity index (χ3v) is 17.2. The lowest BCUT2D eigenvalue weighted by Crippen LogP contribution is -2.40. The number of fused-ring (bicyclic) bond motifs is 3. The molecule has 0 amide bonds. The average Bonchev–Trinajstić information content (AvgIpc) is 2.07. The number of aromatic nitrogens is 1. The molecule has 5 heteroatoms. The van der Waals surface area contributed by atoms with Gasteiger partial charge in [-0.25, -0.2) is 0 Å². The number of nitrogens with one attached hydrogen (secondary N) is 1. The number of hydrogen-bond donors (Lipinski definition) is 1. The summed E-state index contributed by atoms with van der Waals surface area (Å²) in [5.74, 6) is 0. The highest BCUT2D eigenvalue weighted by Crippen LogP contribution is 2.43. The van der Waals surface area contributed by atoms with Crippen LogP contribution >= 0.6 is 0 Å². The summed E-state index contributed by atoms with van der Waals surface area (Å²) in [5.41, 5.74) is 21.6. The Kier molecular flexibility index (Phi) is 16.3. The van der Waals surface area contributed by atoms with Crippen molar-refractivity contribution in [2.45, 2.75) is 71.0 Å². The van der Waals surface area contributed by atoms with Gasteiger partial charge in [0, 0.05) is 68.9 Å². The first-order valence-corrected chi connectivity index (χ1v) is 30.6. The van der Waals surface area contributed by atoms with E-state index in [9.17, 15) is 0 Å². The summed E-state index contributed by atoms with van der Waals surface area (Å²) in [6.07, 6.45) is 8.21. The van der Waals surface area contributed by atoms with Crippen molar-refractivity contribution in [3.8, 4) is 27.9 Å². The van der Waals surface area contributed by atoms with Gasteiger partial charge in [0.15, 0.2) is 0 Å². The fourth-order valence-corrected chi connectivity index (χ4v) is 12.9. The summed E-state index contributed by atoms with van der Waals surface area (Å²) in [5, 5.41) is 6.61. The molecule has 1 aromatic heterocycles. The van der Waals surface area contributed by atoms with Gasteiger partial charge < -0.3 is 19.3 Å². The quantitative estimate of drug-likeness (QED) is 0.104. The fourth-order valence-electron chi connectivity index (χ4n) is 12.9. The Bertz CT molecular complexity index is 3880. The van der Waals surface area contributed by atoms with Crippen LogP contribution in [0.15, 0.2) is 297 Å². The maximum absolute atomic E-state index is 4.18. The van der Waals surface area contributed by atoms with E-state index in [0.717, 1.165) is 65.6 Å². The molecule has 85 heavy (non-hydrogen) atoms. The molecule has 1 N–H and O–H groups in total. The van der Waals surface area contributed by atoms with Gasteiger partial charge in [-0.1, -0.05) is 208 Å². The molecule has 0 radical (unpaired) electrons. The van der Waals surface area contributed by atoms with Crippen molar-refractivity contribution in [1.29, 1.82) is 0 Å². The van der Waals surface area contributed by atoms with E-state index in [0.29, 0.717) is 0 Å². The zero-order valence-corrected chi connectivity index (χ0v) is 48.8. The topological polar surface area (TPSA) is 26.7 Å². The third kappa shape index (κ3) is 11.7. The lowest BCUT2D eigenvalue weighted by atomic mass is 9.94. The lowest BCUT2D eigenvalue weighted by Gasteiger charge is -2.40. The van der Waals surface area contributed by atoms with Crippen molar-refractivity contribution in [3.05, 3.63) is 313 Å². The first kappa shape index (κ1) is 54.6. The molecule has 0 bridgehead atoms. The van der Waals surface area contributed by atoms with E-state index >= 15 is 0 Å². The molecule has 0 spiro atoms. The Morgan fingerprint density at radius 3 is 1.20 bits per heavy atom. The number of para-hydroxylation sites is 4. The minimum atomic E-state index is -0.0292. The number of hydrogen-bond acceptors (Lipinski definition) is 4. The van der Waals surface area contributed by atoms with Gasteiger partial charge in [-0.15, -0.1) is 0 Å². The molecule has 5 nitrogen and oxygen atoms in total. The second-order valence-electron chi connectivity index (χ2n) is 22.6. The van der Waals surface area contributed by atoms with Crippen LogP contribution in [-0.4, -0.2) is 16.0 Å². The smallest absolute Gasteiger partial charge is 0.106 e. The van der Waals surface area contributed by atoms with Gasteiger partial charge in [-0.05, 0) is 186 Å². The molecule has 2 atom stereocenters. The summed E-state index contributed by atoms with van der Waals surface area (Å²) < 4.78 is 2.49. The molecule has 0 fully saturated rings. The van der Waals surface area contributed by atoms with Crippen LogP contribution in [0.5, 0.6) is 0 Å². The summed E-state index contributed by atoms with van der Waals surface area (Å²) in [4.78, 5) is 7.38. The van der Waals surface area contributed by atoms with Crippen LogP contribution in [0.3, 0.4) is 0 Å². The molecule has 0 saturated heterocycles. The monoisotopic (exact) mass is 1100 g/mol. The highest BCUT2D eigenvalue weighted by Gasteiger charge is 2.28. The molecular formula is C80H73N5. The van der Waals surface area contributed by atoms with E-state index in [1.54, 1.807) is 0 Å². The zero-order valence-electron chi connectivity index (χ0n) is 48.8. The Hall–Kier alpha value is -9.68. The Morgan fingerprint density at radius 2 is 0.753 bits per heavy atom. The van der Waals surface area contributed by atoms with Crippen LogP contribution in [-0.2, 0) is 0 Å². The number of benzene rings is 11. The van der Waals surface area contributed by atoms with Crippen molar-refractivity contribution in [1.82, 2.24) is 14.8 Å². The van der Waals surface area contributed by atoms with Gasteiger partial charge in [0.05, 0.1) is 11.0 Å². The first-order chi connectivity index (χ1) is 42.1. The average molecular weight is 1100 g/mol. The largest absolute Gasteiger partial charge is 0.351 e. The van der Waals surface area contributed by atoms with Crippen molar-refractivity contribution in [3.63, 3.8) is 0 Å². The summed E-state index contributed by atoms with van der Waals surface area (Å²) in [6.45, 7) is 5.64.